The number of halogens is 2. The van der Waals surface area contributed by atoms with Gasteiger partial charge >= 0.3 is 5.97 Å². The number of hydrogen-bond donors (Lipinski definition) is 0. The molecule has 140 valence electrons. The summed E-state index contributed by atoms with van der Waals surface area (Å²) in [4.78, 5) is 16.2. The minimum atomic E-state index is -3.70. The van der Waals surface area contributed by atoms with Gasteiger partial charge in [0.2, 0.25) is 10.0 Å². The molecule has 1 aromatic heterocycles. The Morgan fingerprint density at radius 1 is 1.15 bits per heavy atom. The molecule has 26 heavy (non-hydrogen) atoms. The van der Waals surface area contributed by atoms with Crippen LogP contribution in [0.4, 0.5) is 0 Å². The van der Waals surface area contributed by atoms with Crippen molar-refractivity contribution in [3.8, 4) is 0 Å². The molecule has 0 spiro atoms. The molecule has 0 saturated carbocycles. The van der Waals surface area contributed by atoms with Crippen LogP contribution in [0.1, 0.15) is 29.8 Å². The first-order chi connectivity index (χ1) is 12.3. The first-order valence-electron chi connectivity index (χ1n) is 7.86. The zero-order valence-electron chi connectivity index (χ0n) is 14.3. The number of hydrogen-bond acceptors (Lipinski definition) is 5. The normalized spacial score (nSPS) is 11.6. The monoisotopic (exact) mass is 416 g/mol. The molecule has 2 rings (SSSR count). The van der Waals surface area contributed by atoms with Crippen molar-refractivity contribution in [3.63, 3.8) is 0 Å². The van der Waals surface area contributed by atoms with Crippen molar-refractivity contribution in [1.82, 2.24) is 9.29 Å². The summed E-state index contributed by atoms with van der Waals surface area (Å²) >= 11 is 11.8. The Balaban J connectivity index is 2.23. The van der Waals surface area contributed by atoms with Crippen LogP contribution in [-0.4, -0.2) is 36.8 Å². The minimum absolute atomic E-state index is 0.00860. The van der Waals surface area contributed by atoms with E-state index in [0.717, 1.165) is 0 Å². The van der Waals surface area contributed by atoms with Gasteiger partial charge in [0.15, 0.2) is 0 Å². The van der Waals surface area contributed by atoms with Crippen LogP contribution in [-0.2, 0) is 21.4 Å². The summed E-state index contributed by atoms with van der Waals surface area (Å²) in [5, 5.41) is 0.445. The van der Waals surface area contributed by atoms with Crippen LogP contribution in [0.2, 0.25) is 10.2 Å². The van der Waals surface area contributed by atoms with Crippen molar-refractivity contribution in [1.29, 1.82) is 0 Å². The second kappa shape index (κ2) is 8.81. The second-order valence-electron chi connectivity index (χ2n) is 5.30. The highest BCUT2D eigenvalue weighted by Crippen LogP contribution is 2.24. The molecule has 1 heterocycles. The number of rotatable bonds is 7. The van der Waals surface area contributed by atoms with E-state index in [-0.39, 0.29) is 22.1 Å². The molecular weight excluding hydrogens is 399 g/mol. The average Bonchev–Trinajstić information content (AvgIpc) is 2.62. The third-order valence-electron chi connectivity index (χ3n) is 3.66. The highest BCUT2D eigenvalue weighted by molar-refractivity contribution is 7.89. The molecule has 0 amide bonds. The van der Waals surface area contributed by atoms with Gasteiger partial charge in [0.05, 0.1) is 15.5 Å². The number of carbonyl (C=O) groups excluding carboxylic acids is 1. The number of esters is 1. The molecule has 0 N–H and O–H groups in total. The molecule has 0 radical (unpaired) electrons. The summed E-state index contributed by atoms with van der Waals surface area (Å²) in [5.74, 6) is -0.721. The SMILES string of the molecule is CCN(CC)S(=O)(=O)c1ccc(Cl)c(C(=O)OCc2ccc(Cl)nc2)c1. The smallest absolute Gasteiger partial charge is 0.340 e. The molecule has 6 nitrogen and oxygen atoms in total. The first-order valence-corrected chi connectivity index (χ1v) is 10.1. The van der Waals surface area contributed by atoms with E-state index in [1.54, 1.807) is 26.0 Å². The summed E-state index contributed by atoms with van der Waals surface area (Å²) < 4.78 is 31.7. The van der Waals surface area contributed by atoms with E-state index in [0.29, 0.717) is 23.8 Å². The fourth-order valence-corrected chi connectivity index (χ4v) is 4.04. The predicted molar refractivity (Wildman–Crippen MR) is 99.9 cm³/mol. The Morgan fingerprint density at radius 3 is 2.42 bits per heavy atom. The van der Waals surface area contributed by atoms with E-state index >= 15 is 0 Å². The van der Waals surface area contributed by atoms with Gasteiger partial charge in [-0.15, -0.1) is 0 Å². The maximum atomic E-state index is 12.6. The molecule has 0 aliphatic heterocycles. The Bertz CT molecular complexity index is 882. The molecule has 1 aromatic carbocycles. The summed E-state index contributed by atoms with van der Waals surface area (Å²) in [6.07, 6.45) is 1.48. The lowest BCUT2D eigenvalue weighted by Crippen LogP contribution is -2.30. The predicted octanol–water partition coefficient (Wildman–Crippen LogP) is 3.78. The third kappa shape index (κ3) is 4.73. The maximum absolute atomic E-state index is 12.6. The van der Waals surface area contributed by atoms with Crippen molar-refractivity contribution in [2.45, 2.75) is 25.3 Å². The van der Waals surface area contributed by atoms with Gasteiger partial charge in [0.25, 0.3) is 0 Å². The van der Waals surface area contributed by atoms with E-state index in [1.165, 1.54) is 28.7 Å². The van der Waals surface area contributed by atoms with Gasteiger partial charge < -0.3 is 4.74 Å². The zero-order valence-corrected chi connectivity index (χ0v) is 16.6. The molecule has 0 aliphatic carbocycles. The van der Waals surface area contributed by atoms with Crippen molar-refractivity contribution >= 4 is 39.2 Å². The lowest BCUT2D eigenvalue weighted by Gasteiger charge is -2.19. The molecule has 0 fully saturated rings. The molecule has 0 bridgehead atoms. The van der Waals surface area contributed by atoms with Crippen LogP contribution in [0.3, 0.4) is 0 Å². The quantitative estimate of drug-likeness (QED) is 0.506. The number of nitrogens with zero attached hydrogens (tertiary/aromatic N) is 2. The second-order valence-corrected chi connectivity index (χ2v) is 8.03. The van der Waals surface area contributed by atoms with Crippen LogP contribution < -0.4 is 0 Å². The fourth-order valence-electron chi connectivity index (χ4n) is 2.25. The van der Waals surface area contributed by atoms with Crippen LogP contribution >= 0.6 is 23.2 Å². The van der Waals surface area contributed by atoms with E-state index in [4.69, 9.17) is 27.9 Å². The number of ether oxygens (including phenoxy) is 1. The Morgan fingerprint density at radius 2 is 1.85 bits per heavy atom. The number of aromatic nitrogens is 1. The molecule has 0 unspecified atom stereocenters. The molecule has 0 saturated heterocycles. The maximum Gasteiger partial charge on any atom is 0.340 e. The first kappa shape index (κ1) is 20.6. The Hall–Kier alpha value is -1.67. The van der Waals surface area contributed by atoms with Gasteiger partial charge in [-0.1, -0.05) is 43.1 Å². The third-order valence-corrected chi connectivity index (χ3v) is 6.26. The summed E-state index contributed by atoms with van der Waals surface area (Å²) in [7, 11) is -3.70. The van der Waals surface area contributed by atoms with Gasteiger partial charge in [-0.05, 0) is 24.3 Å². The molecular formula is C17H18Cl2N2O4S. The van der Waals surface area contributed by atoms with Crippen LogP contribution in [0, 0.1) is 0 Å². The Kier molecular flexibility index (Phi) is 7.00. The number of pyridine rings is 1. The minimum Gasteiger partial charge on any atom is -0.457 e. The molecule has 2 aromatic rings. The van der Waals surface area contributed by atoms with Crippen LogP contribution in [0.25, 0.3) is 0 Å². The summed E-state index contributed by atoms with van der Waals surface area (Å²) in [5.41, 5.74) is 0.632. The van der Waals surface area contributed by atoms with Gasteiger partial charge in [-0.2, -0.15) is 4.31 Å². The van der Waals surface area contributed by atoms with Crippen LogP contribution in [0.15, 0.2) is 41.4 Å². The lowest BCUT2D eigenvalue weighted by molar-refractivity contribution is 0.0472. The highest BCUT2D eigenvalue weighted by Gasteiger charge is 2.24. The standard InChI is InChI=1S/C17H18Cl2N2O4S/c1-3-21(4-2)26(23,24)13-6-7-15(18)14(9-13)17(22)25-11-12-5-8-16(19)20-10-12/h5-10H,3-4,11H2,1-2H3. The number of sulfonamides is 1. The fraction of sp³-hybridized carbons (Fsp3) is 0.294. The lowest BCUT2D eigenvalue weighted by atomic mass is 10.2. The van der Waals surface area contributed by atoms with Crippen molar-refractivity contribution < 1.29 is 17.9 Å². The van der Waals surface area contributed by atoms with Gasteiger partial charge in [0.1, 0.15) is 11.8 Å². The molecule has 9 heteroatoms. The number of carbonyl (C=O) groups is 1. The summed E-state index contributed by atoms with van der Waals surface area (Å²) in [6, 6.07) is 7.23. The van der Waals surface area contributed by atoms with Crippen molar-refractivity contribution in [2.24, 2.45) is 0 Å². The van der Waals surface area contributed by atoms with Crippen molar-refractivity contribution in [3.05, 3.63) is 57.8 Å². The molecule has 0 aliphatic rings. The van der Waals surface area contributed by atoms with Gasteiger partial charge in [0, 0.05) is 24.8 Å². The van der Waals surface area contributed by atoms with Gasteiger partial charge in [-0.3, -0.25) is 0 Å². The zero-order chi connectivity index (χ0) is 19.3. The van der Waals surface area contributed by atoms with Gasteiger partial charge in [-0.25, -0.2) is 18.2 Å². The molecule has 0 atom stereocenters. The highest BCUT2D eigenvalue weighted by atomic mass is 35.5. The largest absolute Gasteiger partial charge is 0.457 e. The topological polar surface area (TPSA) is 76.6 Å². The summed E-state index contributed by atoms with van der Waals surface area (Å²) in [6.45, 7) is 4.10. The van der Waals surface area contributed by atoms with E-state index in [1.807, 2.05) is 0 Å². The van der Waals surface area contributed by atoms with Crippen LogP contribution in [0.5, 0.6) is 0 Å². The Labute approximate surface area is 162 Å². The van der Waals surface area contributed by atoms with E-state index in [2.05, 4.69) is 4.98 Å². The van der Waals surface area contributed by atoms with E-state index < -0.39 is 16.0 Å². The van der Waals surface area contributed by atoms with Crippen molar-refractivity contribution in [2.75, 3.05) is 13.1 Å². The van der Waals surface area contributed by atoms with E-state index in [9.17, 15) is 13.2 Å². The number of benzene rings is 1. The average molecular weight is 417 g/mol.